The van der Waals surface area contributed by atoms with Crippen molar-refractivity contribution in [2.45, 2.75) is 20.0 Å². The third-order valence-electron chi connectivity index (χ3n) is 2.33. The molecule has 2 N–H and O–H groups in total. The van der Waals surface area contributed by atoms with E-state index in [2.05, 4.69) is 15.6 Å². The van der Waals surface area contributed by atoms with Gasteiger partial charge in [0, 0.05) is 32.1 Å². The second-order valence-corrected chi connectivity index (χ2v) is 3.72. The average Bonchev–Trinajstić information content (AvgIpc) is 2.36. The summed E-state index contributed by atoms with van der Waals surface area (Å²) in [4.78, 5) is 15.6. The predicted octanol–water partition coefficient (Wildman–Crippen LogP) is 1.28. The fraction of sp³-hybridized carbons (Fsp3) is 0.500. The van der Waals surface area contributed by atoms with Crippen LogP contribution < -0.4 is 10.6 Å². The average molecular weight is 237 g/mol. The Kier molecular flexibility index (Phi) is 5.42. The summed E-state index contributed by atoms with van der Waals surface area (Å²) in [6.45, 7) is 5.13. The van der Waals surface area contributed by atoms with E-state index in [9.17, 15) is 4.79 Å². The predicted molar refractivity (Wildman–Crippen MR) is 67.2 cm³/mol. The molecule has 1 atom stereocenters. The molecule has 1 aromatic rings. The number of hydrogen-bond donors (Lipinski definition) is 2. The van der Waals surface area contributed by atoms with Gasteiger partial charge in [-0.05, 0) is 26.0 Å². The second kappa shape index (κ2) is 6.85. The molecular weight excluding hydrogens is 218 g/mol. The van der Waals surface area contributed by atoms with Gasteiger partial charge in [0.15, 0.2) is 0 Å². The van der Waals surface area contributed by atoms with Gasteiger partial charge in [-0.2, -0.15) is 0 Å². The Hall–Kier alpha value is -1.62. The van der Waals surface area contributed by atoms with Crippen molar-refractivity contribution < 1.29 is 9.53 Å². The van der Waals surface area contributed by atoms with Crippen molar-refractivity contribution in [3.63, 3.8) is 0 Å². The van der Waals surface area contributed by atoms with Crippen LogP contribution in [0.15, 0.2) is 18.3 Å². The van der Waals surface area contributed by atoms with E-state index in [0.29, 0.717) is 18.8 Å². The van der Waals surface area contributed by atoms with Gasteiger partial charge in [0.2, 0.25) is 0 Å². The largest absolute Gasteiger partial charge is 0.382 e. The molecule has 17 heavy (non-hydrogen) atoms. The van der Waals surface area contributed by atoms with Crippen molar-refractivity contribution in [2.24, 2.45) is 0 Å². The van der Waals surface area contributed by atoms with Crippen LogP contribution in [0.5, 0.6) is 0 Å². The first kappa shape index (κ1) is 13.4. The van der Waals surface area contributed by atoms with Crippen molar-refractivity contribution in [3.8, 4) is 0 Å². The number of nitrogens with zero attached hydrogens (tertiary/aromatic N) is 1. The van der Waals surface area contributed by atoms with Crippen LogP contribution in [0.2, 0.25) is 0 Å². The highest BCUT2D eigenvalue weighted by molar-refractivity contribution is 5.93. The minimum Gasteiger partial charge on any atom is -0.382 e. The molecule has 0 aliphatic heterocycles. The molecule has 1 rings (SSSR count). The minimum absolute atomic E-state index is 0.121. The number of rotatable bonds is 6. The molecule has 0 aromatic carbocycles. The van der Waals surface area contributed by atoms with Crippen molar-refractivity contribution in [1.82, 2.24) is 10.3 Å². The van der Waals surface area contributed by atoms with Crippen molar-refractivity contribution in [2.75, 3.05) is 25.5 Å². The molecule has 1 unspecified atom stereocenters. The van der Waals surface area contributed by atoms with E-state index in [0.717, 1.165) is 5.69 Å². The number of anilines is 1. The molecule has 0 spiro atoms. The van der Waals surface area contributed by atoms with Gasteiger partial charge in [-0.15, -0.1) is 0 Å². The quantitative estimate of drug-likeness (QED) is 0.782. The zero-order chi connectivity index (χ0) is 12.7. The smallest absolute Gasteiger partial charge is 0.269 e. The van der Waals surface area contributed by atoms with Gasteiger partial charge in [-0.1, -0.05) is 0 Å². The monoisotopic (exact) mass is 237 g/mol. The Labute approximate surface area is 102 Å². The Morgan fingerprint density at radius 2 is 2.35 bits per heavy atom. The molecule has 0 bridgehead atoms. The van der Waals surface area contributed by atoms with E-state index in [-0.39, 0.29) is 12.0 Å². The number of nitrogens with one attached hydrogen (secondary N) is 2. The van der Waals surface area contributed by atoms with Crippen LogP contribution in [0.25, 0.3) is 0 Å². The standard InChI is InChI=1S/C12H19N3O2/c1-4-13-12(16)11-7-10(5-6-14-11)15-8-9(2)17-3/h5-7,9H,4,8H2,1-3H3,(H,13,16)(H,14,15). The first-order chi connectivity index (χ1) is 8.17. The van der Waals surface area contributed by atoms with Crippen LogP contribution in [-0.4, -0.2) is 37.2 Å². The minimum atomic E-state index is -0.157. The Morgan fingerprint density at radius 1 is 1.59 bits per heavy atom. The molecule has 0 saturated heterocycles. The first-order valence-corrected chi connectivity index (χ1v) is 5.68. The van der Waals surface area contributed by atoms with Crippen LogP contribution in [-0.2, 0) is 4.74 Å². The third kappa shape index (κ3) is 4.40. The Morgan fingerprint density at radius 3 is 3.00 bits per heavy atom. The fourth-order valence-corrected chi connectivity index (χ4v) is 1.26. The molecule has 0 aliphatic carbocycles. The molecule has 1 heterocycles. The number of carbonyl (C=O) groups is 1. The van der Waals surface area contributed by atoms with Crippen LogP contribution >= 0.6 is 0 Å². The summed E-state index contributed by atoms with van der Waals surface area (Å²) in [5.74, 6) is -0.157. The van der Waals surface area contributed by atoms with Crippen molar-refractivity contribution in [1.29, 1.82) is 0 Å². The number of carbonyl (C=O) groups excluding carboxylic acids is 1. The number of aromatic nitrogens is 1. The van der Waals surface area contributed by atoms with Gasteiger partial charge in [0.25, 0.3) is 5.91 Å². The zero-order valence-electron chi connectivity index (χ0n) is 10.5. The molecule has 0 fully saturated rings. The van der Waals surface area contributed by atoms with Gasteiger partial charge in [0.1, 0.15) is 5.69 Å². The summed E-state index contributed by atoms with van der Waals surface area (Å²) in [6, 6.07) is 3.55. The van der Waals surface area contributed by atoms with E-state index >= 15 is 0 Å². The molecule has 0 saturated carbocycles. The molecule has 0 aliphatic rings. The highest BCUT2D eigenvalue weighted by Crippen LogP contribution is 2.08. The van der Waals surface area contributed by atoms with Crippen LogP contribution in [0.4, 0.5) is 5.69 Å². The summed E-state index contributed by atoms with van der Waals surface area (Å²) in [6.07, 6.45) is 1.74. The van der Waals surface area contributed by atoms with Gasteiger partial charge < -0.3 is 15.4 Å². The molecule has 94 valence electrons. The normalized spacial score (nSPS) is 11.9. The molecule has 5 nitrogen and oxygen atoms in total. The zero-order valence-corrected chi connectivity index (χ0v) is 10.5. The third-order valence-corrected chi connectivity index (χ3v) is 2.33. The highest BCUT2D eigenvalue weighted by Gasteiger charge is 2.06. The maximum atomic E-state index is 11.6. The van der Waals surface area contributed by atoms with Crippen molar-refractivity contribution in [3.05, 3.63) is 24.0 Å². The lowest BCUT2D eigenvalue weighted by atomic mass is 10.3. The summed E-state index contributed by atoms with van der Waals surface area (Å²) in [5.41, 5.74) is 1.28. The maximum absolute atomic E-state index is 11.6. The van der Waals surface area contributed by atoms with Gasteiger partial charge in [0.05, 0.1) is 6.10 Å². The first-order valence-electron chi connectivity index (χ1n) is 5.68. The molecule has 5 heteroatoms. The lowest BCUT2D eigenvalue weighted by Crippen LogP contribution is -2.24. The maximum Gasteiger partial charge on any atom is 0.269 e. The fourth-order valence-electron chi connectivity index (χ4n) is 1.26. The van der Waals surface area contributed by atoms with Crippen LogP contribution in [0.3, 0.4) is 0 Å². The molecular formula is C12H19N3O2. The number of amides is 1. The number of methoxy groups -OCH3 is 1. The lowest BCUT2D eigenvalue weighted by molar-refractivity contribution is 0.0951. The number of pyridine rings is 1. The topological polar surface area (TPSA) is 63.2 Å². The number of hydrogen-bond acceptors (Lipinski definition) is 4. The molecule has 1 aromatic heterocycles. The summed E-state index contributed by atoms with van der Waals surface area (Å²) in [7, 11) is 1.67. The SMILES string of the molecule is CCNC(=O)c1cc(NCC(C)OC)ccn1. The highest BCUT2D eigenvalue weighted by atomic mass is 16.5. The molecule has 1 amide bonds. The molecule has 0 radical (unpaired) electrons. The number of ether oxygens (including phenoxy) is 1. The van der Waals surface area contributed by atoms with Gasteiger partial charge in [-0.25, -0.2) is 0 Å². The Bertz CT molecular complexity index is 369. The summed E-state index contributed by atoms with van der Waals surface area (Å²) < 4.78 is 5.13. The summed E-state index contributed by atoms with van der Waals surface area (Å²) >= 11 is 0. The van der Waals surface area contributed by atoms with E-state index in [1.165, 1.54) is 0 Å². The summed E-state index contributed by atoms with van der Waals surface area (Å²) in [5, 5.41) is 5.90. The van der Waals surface area contributed by atoms with E-state index in [1.54, 1.807) is 19.4 Å². The van der Waals surface area contributed by atoms with Crippen molar-refractivity contribution >= 4 is 11.6 Å². The second-order valence-electron chi connectivity index (χ2n) is 3.72. The van der Waals surface area contributed by atoms with Crippen LogP contribution in [0.1, 0.15) is 24.3 Å². The lowest BCUT2D eigenvalue weighted by Gasteiger charge is -2.12. The Balaban J connectivity index is 2.62. The van der Waals surface area contributed by atoms with E-state index in [4.69, 9.17) is 4.74 Å². The van der Waals surface area contributed by atoms with E-state index in [1.807, 2.05) is 19.9 Å². The van der Waals surface area contributed by atoms with Gasteiger partial charge >= 0.3 is 0 Å². The van der Waals surface area contributed by atoms with Crippen LogP contribution in [0, 0.1) is 0 Å². The van der Waals surface area contributed by atoms with E-state index < -0.39 is 0 Å². The van der Waals surface area contributed by atoms with Gasteiger partial charge in [-0.3, -0.25) is 9.78 Å².